The average Bonchev–Trinajstić information content (AvgIpc) is 3.05. The third-order valence-electron chi connectivity index (χ3n) is 7.21. The number of carbonyl (C=O) groups is 4. The van der Waals surface area contributed by atoms with E-state index in [0.29, 0.717) is 27.0 Å². The molecule has 0 spiro atoms. The molecule has 0 radical (unpaired) electrons. The molecule has 46 heavy (non-hydrogen) atoms. The second kappa shape index (κ2) is 15.2. The molecule has 244 valence electrons. The van der Waals surface area contributed by atoms with E-state index < -0.39 is 53.7 Å². The van der Waals surface area contributed by atoms with Gasteiger partial charge in [-0.25, -0.2) is 4.79 Å². The number of rotatable bonds is 13. The molecule has 0 aliphatic carbocycles. The van der Waals surface area contributed by atoms with Crippen molar-refractivity contribution in [1.29, 1.82) is 0 Å². The number of carbonyl (C=O) groups excluding carboxylic acids is 3. The summed E-state index contributed by atoms with van der Waals surface area (Å²) in [6, 6.07) is 19.2. The van der Waals surface area contributed by atoms with Gasteiger partial charge in [0, 0.05) is 22.9 Å². The van der Waals surface area contributed by atoms with Gasteiger partial charge in [0.15, 0.2) is 6.61 Å². The molecule has 4 rings (SSSR count). The van der Waals surface area contributed by atoms with Gasteiger partial charge in [0.1, 0.15) is 17.0 Å². The Morgan fingerprint density at radius 1 is 1.00 bits per heavy atom. The fourth-order valence-corrected chi connectivity index (χ4v) is 6.31. The number of thioether (sulfide) groups is 1. The van der Waals surface area contributed by atoms with Crippen molar-refractivity contribution in [3.63, 3.8) is 0 Å². The van der Waals surface area contributed by atoms with Crippen LogP contribution in [0.4, 0.5) is 5.69 Å². The molecule has 1 fully saturated rings. The topological polar surface area (TPSA) is 145 Å². The van der Waals surface area contributed by atoms with Crippen molar-refractivity contribution in [3.05, 3.63) is 94.0 Å². The minimum absolute atomic E-state index is 0.107. The van der Waals surface area contributed by atoms with Gasteiger partial charge < -0.3 is 30.5 Å². The SMILES string of the molecule is [2H]CC(C)(C)[C@H](NC(=O)CNC(=O)COc1ccc([C@@H]2[C@@H](SCC(O)c3ccc(Cl)cc3)C(=O)N2c2ccc(Cl)cc2)cc1)C(=O)O. The van der Waals surface area contributed by atoms with Crippen LogP contribution in [0.1, 0.15) is 45.4 Å². The Morgan fingerprint density at radius 3 is 2.20 bits per heavy atom. The van der Waals surface area contributed by atoms with Gasteiger partial charge in [-0.1, -0.05) is 68.2 Å². The van der Waals surface area contributed by atoms with Crippen LogP contribution in [0.15, 0.2) is 72.8 Å². The Morgan fingerprint density at radius 2 is 1.61 bits per heavy atom. The first-order valence-electron chi connectivity index (χ1n) is 15.0. The molecule has 4 N–H and O–H groups in total. The number of benzene rings is 3. The third kappa shape index (κ3) is 8.94. The number of β-lactam (4-membered cyclic amide) rings is 1. The summed E-state index contributed by atoms with van der Waals surface area (Å²) in [5.74, 6) is -2.00. The summed E-state index contributed by atoms with van der Waals surface area (Å²) in [6.45, 7) is 2.04. The number of aliphatic hydroxyl groups excluding tert-OH is 1. The molecule has 3 amide bonds. The van der Waals surface area contributed by atoms with Crippen molar-refractivity contribution >= 4 is 64.3 Å². The van der Waals surface area contributed by atoms with Crippen LogP contribution >= 0.6 is 35.0 Å². The van der Waals surface area contributed by atoms with Gasteiger partial charge in [-0.3, -0.25) is 14.4 Å². The predicted molar refractivity (Wildman–Crippen MR) is 178 cm³/mol. The number of nitrogens with one attached hydrogen (secondary N) is 2. The zero-order valence-corrected chi connectivity index (χ0v) is 27.4. The second-order valence-electron chi connectivity index (χ2n) is 11.4. The van der Waals surface area contributed by atoms with Crippen LogP contribution in [-0.2, 0) is 19.2 Å². The van der Waals surface area contributed by atoms with Crippen molar-refractivity contribution in [2.45, 2.75) is 44.2 Å². The maximum Gasteiger partial charge on any atom is 0.326 e. The average molecular weight is 690 g/mol. The lowest BCUT2D eigenvalue weighted by Gasteiger charge is -2.47. The molecular weight excluding hydrogens is 653 g/mol. The van der Waals surface area contributed by atoms with Crippen molar-refractivity contribution in [1.82, 2.24) is 10.6 Å². The maximum absolute atomic E-state index is 13.4. The molecule has 10 nitrogen and oxygen atoms in total. The lowest BCUT2D eigenvalue weighted by molar-refractivity contribution is -0.144. The van der Waals surface area contributed by atoms with Gasteiger partial charge in [-0.05, 0) is 65.1 Å². The van der Waals surface area contributed by atoms with Crippen molar-refractivity contribution in [2.75, 3.05) is 23.8 Å². The van der Waals surface area contributed by atoms with Gasteiger partial charge in [0.05, 0.1) is 18.7 Å². The Labute approximate surface area is 282 Å². The number of nitrogens with zero attached hydrogens (tertiary/aromatic N) is 1. The number of ether oxygens (including phenoxy) is 1. The van der Waals surface area contributed by atoms with Crippen LogP contribution in [0.25, 0.3) is 0 Å². The van der Waals surface area contributed by atoms with Gasteiger partial charge in [-0.2, -0.15) is 0 Å². The number of carboxylic acid groups (broad SMARTS) is 1. The first-order chi connectivity index (χ1) is 22.3. The van der Waals surface area contributed by atoms with E-state index in [9.17, 15) is 29.4 Å². The van der Waals surface area contributed by atoms with Crippen LogP contribution in [0.2, 0.25) is 10.0 Å². The number of hydrogen-bond acceptors (Lipinski definition) is 7. The Hall–Kier alpha value is -3.77. The van der Waals surface area contributed by atoms with Gasteiger partial charge >= 0.3 is 5.97 Å². The molecule has 1 saturated heterocycles. The molecule has 1 heterocycles. The molecule has 13 heteroatoms. The minimum atomic E-state index is -1.28. The molecule has 0 aromatic heterocycles. The van der Waals surface area contributed by atoms with Crippen LogP contribution in [-0.4, -0.2) is 64.1 Å². The number of hydrogen-bond donors (Lipinski definition) is 4. The standard InChI is InChI=1S/C33H35Cl2N3O7S/c1-33(2,3)30(32(43)44)37-26(40)16-36-27(41)17-45-24-14-6-20(7-15-24)28-29(31(42)38(28)23-12-10-22(35)11-13-23)46-18-25(39)19-4-8-21(34)9-5-19/h4-15,25,28-30,39H,16-18H2,1-3H3,(H,36,41)(H,37,40)(H,43,44)/t25?,28-,29-,30-/m1/s1/i1D. The van der Waals surface area contributed by atoms with Crippen molar-refractivity contribution < 1.29 is 35.5 Å². The summed E-state index contributed by atoms with van der Waals surface area (Å²) in [4.78, 5) is 51.2. The number of aliphatic hydroxyl groups is 1. The van der Waals surface area contributed by atoms with Crippen LogP contribution in [0, 0.1) is 5.41 Å². The highest BCUT2D eigenvalue weighted by Crippen LogP contribution is 2.46. The van der Waals surface area contributed by atoms with Gasteiger partial charge in [0.25, 0.3) is 5.91 Å². The van der Waals surface area contributed by atoms with E-state index in [-0.39, 0.29) is 24.6 Å². The fraction of sp³-hybridized carbons (Fsp3) is 0.333. The van der Waals surface area contributed by atoms with E-state index in [0.717, 1.165) is 5.56 Å². The summed E-state index contributed by atoms with van der Waals surface area (Å²) in [5, 5.41) is 25.5. The zero-order valence-electron chi connectivity index (χ0n) is 26.1. The molecular formula is C33H35Cl2N3O7S. The Balaban J connectivity index is 1.37. The van der Waals surface area contributed by atoms with E-state index in [1.54, 1.807) is 91.5 Å². The molecule has 3 aromatic rings. The Bertz CT molecular complexity index is 1580. The first kappa shape index (κ1) is 33.6. The highest BCUT2D eigenvalue weighted by Gasteiger charge is 2.49. The molecule has 0 bridgehead atoms. The molecule has 1 unspecified atom stereocenters. The zero-order chi connectivity index (χ0) is 34.3. The number of carboxylic acids is 1. The summed E-state index contributed by atoms with van der Waals surface area (Å²) >= 11 is 13.4. The smallest absolute Gasteiger partial charge is 0.326 e. The number of anilines is 1. The summed E-state index contributed by atoms with van der Waals surface area (Å²) in [6.07, 6.45) is -0.794. The van der Waals surface area contributed by atoms with E-state index in [1.165, 1.54) is 11.8 Å². The molecule has 4 atom stereocenters. The van der Waals surface area contributed by atoms with E-state index in [4.69, 9.17) is 29.3 Å². The van der Waals surface area contributed by atoms with Crippen LogP contribution in [0.5, 0.6) is 5.75 Å². The van der Waals surface area contributed by atoms with Crippen LogP contribution < -0.4 is 20.3 Å². The quantitative estimate of drug-likeness (QED) is 0.183. The summed E-state index contributed by atoms with van der Waals surface area (Å²) in [5.41, 5.74) is 1.19. The summed E-state index contributed by atoms with van der Waals surface area (Å²) in [7, 11) is 0. The second-order valence-corrected chi connectivity index (χ2v) is 13.5. The predicted octanol–water partition coefficient (Wildman–Crippen LogP) is 5.03. The molecule has 1 aliphatic rings. The number of amides is 3. The van der Waals surface area contributed by atoms with E-state index in [1.807, 2.05) is 0 Å². The largest absolute Gasteiger partial charge is 0.484 e. The molecule has 3 aromatic carbocycles. The van der Waals surface area contributed by atoms with Gasteiger partial charge in [0.2, 0.25) is 11.8 Å². The monoisotopic (exact) mass is 688 g/mol. The van der Waals surface area contributed by atoms with E-state index in [2.05, 4.69) is 10.6 Å². The first-order valence-corrected chi connectivity index (χ1v) is 16.1. The summed E-state index contributed by atoms with van der Waals surface area (Å²) < 4.78 is 13.1. The van der Waals surface area contributed by atoms with Gasteiger partial charge in [-0.15, -0.1) is 11.8 Å². The highest BCUT2D eigenvalue weighted by atomic mass is 35.5. The third-order valence-corrected chi connectivity index (χ3v) is 9.04. The van der Waals surface area contributed by atoms with Crippen LogP contribution in [0.3, 0.4) is 0 Å². The highest BCUT2D eigenvalue weighted by molar-refractivity contribution is 8.00. The Kier molecular flexibility index (Phi) is 11.1. The number of halogens is 2. The lowest BCUT2D eigenvalue weighted by Crippen LogP contribution is -2.57. The van der Waals surface area contributed by atoms with Crippen molar-refractivity contribution in [2.24, 2.45) is 5.41 Å². The number of aliphatic carboxylic acids is 1. The maximum atomic E-state index is 13.4. The molecule has 0 saturated carbocycles. The fourth-order valence-electron chi connectivity index (χ4n) is 4.76. The van der Waals surface area contributed by atoms with E-state index >= 15 is 0 Å². The normalized spacial score (nSPS) is 17.7. The minimum Gasteiger partial charge on any atom is -0.484 e. The lowest BCUT2D eigenvalue weighted by atomic mass is 9.87. The van der Waals surface area contributed by atoms with Crippen molar-refractivity contribution in [3.8, 4) is 5.75 Å². The molecule has 1 aliphatic heterocycles.